The number of hydrogen-bond acceptors (Lipinski definition) is 1. The van der Waals surface area contributed by atoms with Crippen LogP contribution >= 0.6 is 11.8 Å². The van der Waals surface area contributed by atoms with Crippen molar-refractivity contribution in [1.29, 1.82) is 0 Å². The molecule has 0 spiro atoms. The van der Waals surface area contributed by atoms with Crippen LogP contribution in [0.15, 0.2) is 4.90 Å². The van der Waals surface area contributed by atoms with Gasteiger partial charge in [0.25, 0.3) is 0 Å². The Bertz CT molecular complexity index is 505. The Morgan fingerprint density at radius 3 is 1.56 bits per heavy atom. The maximum atomic E-state index is 13.2. The Morgan fingerprint density at radius 2 is 1.17 bits per heavy atom. The predicted octanol–water partition coefficient (Wildman–Crippen LogP) is 4.48. The largest absolute Gasteiger partial charge is 0.202 e. The van der Waals surface area contributed by atoms with Crippen molar-refractivity contribution in [2.45, 2.75) is 25.7 Å². The van der Waals surface area contributed by atoms with Gasteiger partial charge < -0.3 is 0 Å². The summed E-state index contributed by atoms with van der Waals surface area (Å²) in [4.78, 5) is -0.983. The third-order valence-electron chi connectivity index (χ3n) is 1.75. The first-order chi connectivity index (χ1) is 8.15. The minimum atomic E-state index is -2.17. The minimum Gasteiger partial charge on any atom is -0.202 e. The molecule has 0 N–H and O–H groups in total. The van der Waals surface area contributed by atoms with E-state index in [0.717, 1.165) is 0 Å². The van der Waals surface area contributed by atoms with E-state index in [9.17, 15) is 22.0 Å². The second-order valence-electron chi connectivity index (χ2n) is 4.48. The zero-order valence-electron chi connectivity index (χ0n) is 9.80. The molecule has 0 nitrogen and oxygen atoms in total. The van der Waals surface area contributed by atoms with Gasteiger partial charge in [-0.3, -0.25) is 0 Å². The van der Waals surface area contributed by atoms with Crippen molar-refractivity contribution in [3.05, 3.63) is 29.1 Å². The molecule has 0 aliphatic carbocycles. The topological polar surface area (TPSA) is 0 Å². The maximum Gasteiger partial charge on any atom is 0.200 e. The summed E-state index contributed by atoms with van der Waals surface area (Å²) in [5.74, 6) is -7.20. The first-order valence-corrected chi connectivity index (χ1v) is 5.67. The molecule has 0 aromatic heterocycles. The summed E-state index contributed by atoms with van der Waals surface area (Å²) >= 11 is 0.280. The van der Waals surface area contributed by atoms with E-state index in [2.05, 4.69) is 11.2 Å². The van der Waals surface area contributed by atoms with Gasteiger partial charge >= 0.3 is 0 Å². The zero-order chi connectivity index (χ0) is 14.1. The van der Waals surface area contributed by atoms with E-state index in [1.54, 1.807) is 20.8 Å². The number of benzene rings is 1. The molecule has 0 saturated carbocycles. The van der Waals surface area contributed by atoms with Crippen LogP contribution in [-0.2, 0) is 0 Å². The molecule has 0 heterocycles. The molecular weight excluding hydrogens is 271 g/mol. The summed E-state index contributed by atoms with van der Waals surface area (Å²) in [6.45, 7) is 5.25. The Labute approximate surface area is 106 Å². The zero-order valence-corrected chi connectivity index (χ0v) is 10.6. The normalized spacial score (nSPS) is 11.1. The highest BCUT2D eigenvalue weighted by molar-refractivity contribution is 8.04. The monoisotopic (exact) mass is 280 g/mol. The fraction of sp³-hybridized carbons (Fsp3) is 0.333. The van der Waals surface area contributed by atoms with E-state index in [0.29, 0.717) is 0 Å². The van der Waals surface area contributed by atoms with Crippen LogP contribution in [0.3, 0.4) is 0 Å². The fourth-order valence-corrected chi connectivity index (χ4v) is 1.72. The first kappa shape index (κ1) is 14.8. The standard InChI is InChI=1S/C12H9F5S/c1-12(2,3)4-5-18-11-9(16)7(14)6(13)8(15)10(11)17/h1-3H3. The van der Waals surface area contributed by atoms with Gasteiger partial charge in [-0.05, 0) is 37.8 Å². The maximum absolute atomic E-state index is 13.2. The van der Waals surface area contributed by atoms with E-state index in [1.165, 1.54) is 0 Å². The number of thioether (sulfide) groups is 1. The summed E-state index contributed by atoms with van der Waals surface area (Å²) in [5, 5.41) is 2.33. The second-order valence-corrected chi connectivity index (χ2v) is 5.29. The summed E-state index contributed by atoms with van der Waals surface area (Å²) < 4.78 is 64.8. The summed E-state index contributed by atoms with van der Waals surface area (Å²) in [6, 6.07) is 0. The lowest BCUT2D eigenvalue weighted by Crippen LogP contribution is -2.03. The van der Waals surface area contributed by atoms with Crippen LogP contribution < -0.4 is 0 Å². The molecule has 18 heavy (non-hydrogen) atoms. The van der Waals surface area contributed by atoms with Gasteiger partial charge in [-0.1, -0.05) is 5.92 Å². The van der Waals surface area contributed by atoms with Gasteiger partial charge in [0, 0.05) is 5.41 Å². The number of halogens is 5. The molecular formula is C12H9F5S. The third-order valence-corrected chi connectivity index (χ3v) is 2.52. The molecule has 0 unspecified atom stereocenters. The Balaban J connectivity index is 3.22. The van der Waals surface area contributed by atoms with Gasteiger partial charge in [0.05, 0.1) is 4.90 Å². The van der Waals surface area contributed by atoms with Crippen LogP contribution in [0.2, 0.25) is 0 Å². The van der Waals surface area contributed by atoms with Gasteiger partial charge in [0.2, 0.25) is 5.82 Å². The predicted molar refractivity (Wildman–Crippen MR) is 59.3 cm³/mol. The molecule has 0 radical (unpaired) electrons. The molecule has 0 fully saturated rings. The highest BCUT2D eigenvalue weighted by atomic mass is 32.2. The van der Waals surface area contributed by atoms with Crippen molar-refractivity contribution in [2.24, 2.45) is 5.41 Å². The van der Waals surface area contributed by atoms with Crippen molar-refractivity contribution in [3.63, 3.8) is 0 Å². The lowest BCUT2D eigenvalue weighted by atomic mass is 9.99. The fourth-order valence-electron chi connectivity index (χ4n) is 0.904. The smallest absolute Gasteiger partial charge is 0.200 e. The quantitative estimate of drug-likeness (QED) is 0.240. The number of rotatable bonds is 1. The van der Waals surface area contributed by atoms with Crippen LogP contribution in [0, 0.1) is 45.7 Å². The third kappa shape index (κ3) is 3.16. The molecule has 0 bridgehead atoms. The molecule has 0 aliphatic heterocycles. The molecule has 0 aliphatic rings. The summed E-state index contributed by atoms with van der Waals surface area (Å²) in [5.41, 5.74) is -0.433. The highest BCUT2D eigenvalue weighted by Gasteiger charge is 2.25. The van der Waals surface area contributed by atoms with E-state index in [4.69, 9.17) is 0 Å². The van der Waals surface area contributed by atoms with Crippen LogP contribution in [0.5, 0.6) is 0 Å². The van der Waals surface area contributed by atoms with Crippen LogP contribution in [0.1, 0.15) is 20.8 Å². The van der Waals surface area contributed by atoms with Gasteiger partial charge in [-0.15, -0.1) is 0 Å². The van der Waals surface area contributed by atoms with Gasteiger partial charge in [0.1, 0.15) is 0 Å². The van der Waals surface area contributed by atoms with Crippen LogP contribution in [0.25, 0.3) is 0 Å². The van der Waals surface area contributed by atoms with Crippen molar-refractivity contribution < 1.29 is 22.0 Å². The van der Waals surface area contributed by atoms with Crippen molar-refractivity contribution in [3.8, 4) is 11.2 Å². The minimum absolute atomic E-state index is 0.280. The van der Waals surface area contributed by atoms with E-state index >= 15 is 0 Å². The van der Waals surface area contributed by atoms with Crippen molar-refractivity contribution in [2.75, 3.05) is 0 Å². The van der Waals surface area contributed by atoms with E-state index in [-0.39, 0.29) is 11.8 Å². The average Bonchev–Trinajstić information content (AvgIpc) is 2.27. The lowest BCUT2D eigenvalue weighted by Gasteiger charge is -2.07. The van der Waals surface area contributed by atoms with Gasteiger partial charge in [-0.2, -0.15) is 0 Å². The molecule has 98 valence electrons. The summed E-state index contributed by atoms with van der Waals surface area (Å²) in [7, 11) is 0. The van der Waals surface area contributed by atoms with Crippen molar-refractivity contribution >= 4 is 11.8 Å². The van der Waals surface area contributed by atoms with E-state index in [1.807, 2.05) is 0 Å². The molecule has 0 saturated heterocycles. The highest BCUT2D eigenvalue weighted by Crippen LogP contribution is 2.30. The molecule has 0 atom stereocenters. The van der Waals surface area contributed by atoms with E-state index < -0.39 is 39.4 Å². The second kappa shape index (κ2) is 5.19. The molecule has 1 aromatic carbocycles. The molecule has 6 heteroatoms. The molecule has 0 amide bonds. The number of hydrogen-bond donors (Lipinski definition) is 0. The van der Waals surface area contributed by atoms with Crippen molar-refractivity contribution in [1.82, 2.24) is 0 Å². The summed E-state index contributed by atoms with van der Waals surface area (Å²) in [6.07, 6.45) is 0. The van der Waals surface area contributed by atoms with Crippen LogP contribution in [0.4, 0.5) is 22.0 Å². The first-order valence-electron chi connectivity index (χ1n) is 4.85. The Kier molecular flexibility index (Phi) is 4.28. The van der Waals surface area contributed by atoms with Gasteiger partial charge in [-0.25, -0.2) is 22.0 Å². The van der Waals surface area contributed by atoms with Gasteiger partial charge in [0.15, 0.2) is 23.3 Å². The molecule has 1 rings (SSSR count). The Morgan fingerprint density at radius 1 is 0.778 bits per heavy atom. The average molecular weight is 280 g/mol. The van der Waals surface area contributed by atoms with Crippen LogP contribution in [-0.4, -0.2) is 0 Å². The Hall–Kier alpha value is -1.22. The SMILES string of the molecule is CC(C)(C)C#CSc1c(F)c(F)c(F)c(F)c1F. The molecule has 1 aromatic rings. The lowest BCUT2D eigenvalue weighted by molar-refractivity contribution is 0.361.